The van der Waals surface area contributed by atoms with Gasteiger partial charge in [0, 0.05) is 30.7 Å². The Hall–Kier alpha value is -0.630. The van der Waals surface area contributed by atoms with Crippen LogP contribution in [0.1, 0.15) is 11.1 Å². The maximum absolute atomic E-state index is 12.6. The van der Waals surface area contributed by atoms with E-state index in [-0.39, 0.29) is 23.0 Å². The van der Waals surface area contributed by atoms with E-state index in [4.69, 9.17) is 28.9 Å². The van der Waals surface area contributed by atoms with Crippen LogP contribution in [0.5, 0.6) is 0 Å². The SMILES string of the molecule is CN(Cc1ccsc1)S(=O)(=O)c1ccc(Cl)c(CN)c1Cl. The van der Waals surface area contributed by atoms with Crippen LogP contribution in [0.15, 0.2) is 33.9 Å². The summed E-state index contributed by atoms with van der Waals surface area (Å²) in [5.74, 6) is 0. The molecule has 0 bridgehead atoms. The minimum Gasteiger partial charge on any atom is -0.326 e. The Bertz CT molecular complexity index is 731. The van der Waals surface area contributed by atoms with Crippen molar-refractivity contribution in [3.63, 3.8) is 0 Å². The van der Waals surface area contributed by atoms with Gasteiger partial charge in [-0.05, 0) is 34.5 Å². The normalized spacial score (nSPS) is 12.0. The van der Waals surface area contributed by atoms with E-state index in [0.29, 0.717) is 10.6 Å². The summed E-state index contributed by atoms with van der Waals surface area (Å²) in [6.07, 6.45) is 0. The van der Waals surface area contributed by atoms with Gasteiger partial charge in [-0.1, -0.05) is 23.2 Å². The number of hydrogen-bond donors (Lipinski definition) is 1. The summed E-state index contributed by atoms with van der Waals surface area (Å²) in [7, 11) is -2.19. The maximum atomic E-state index is 12.6. The highest BCUT2D eigenvalue weighted by Crippen LogP contribution is 2.32. The number of halogens is 2. The van der Waals surface area contributed by atoms with Crippen LogP contribution in [-0.2, 0) is 23.1 Å². The predicted molar refractivity (Wildman–Crippen MR) is 87.3 cm³/mol. The Kier molecular flexibility index (Phi) is 5.29. The van der Waals surface area contributed by atoms with Gasteiger partial charge in [0.25, 0.3) is 0 Å². The van der Waals surface area contributed by atoms with Crippen LogP contribution in [0, 0.1) is 0 Å². The van der Waals surface area contributed by atoms with Crippen molar-refractivity contribution in [1.82, 2.24) is 4.31 Å². The van der Waals surface area contributed by atoms with Gasteiger partial charge in [0.2, 0.25) is 10.0 Å². The van der Waals surface area contributed by atoms with E-state index in [0.717, 1.165) is 5.56 Å². The average molecular weight is 365 g/mol. The van der Waals surface area contributed by atoms with Gasteiger partial charge >= 0.3 is 0 Å². The molecular weight excluding hydrogens is 351 g/mol. The van der Waals surface area contributed by atoms with E-state index >= 15 is 0 Å². The smallest absolute Gasteiger partial charge is 0.244 e. The van der Waals surface area contributed by atoms with Gasteiger partial charge in [-0.25, -0.2) is 8.42 Å². The molecular formula is C13H14Cl2N2O2S2. The minimum atomic E-state index is -3.70. The highest BCUT2D eigenvalue weighted by molar-refractivity contribution is 7.89. The fourth-order valence-electron chi connectivity index (χ4n) is 1.86. The first kappa shape index (κ1) is 16.7. The van der Waals surface area contributed by atoms with Gasteiger partial charge in [-0.3, -0.25) is 0 Å². The molecule has 0 aliphatic carbocycles. The second-order valence-corrected chi connectivity index (χ2v) is 8.01. The summed E-state index contributed by atoms with van der Waals surface area (Å²) in [5.41, 5.74) is 6.93. The van der Waals surface area contributed by atoms with E-state index in [1.165, 1.54) is 34.8 Å². The van der Waals surface area contributed by atoms with E-state index in [2.05, 4.69) is 0 Å². The van der Waals surface area contributed by atoms with Crippen molar-refractivity contribution in [2.24, 2.45) is 5.73 Å². The third kappa shape index (κ3) is 3.41. The molecule has 0 saturated carbocycles. The van der Waals surface area contributed by atoms with Crippen molar-refractivity contribution < 1.29 is 8.42 Å². The van der Waals surface area contributed by atoms with Gasteiger partial charge in [0.15, 0.2) is 0 Å². The Morgan fingerprint density at radius 1 is 1.29 bits per heavy atom. The van der Waals surface area contributed by atoms with Gasteiger partial charge in [-0.2, -0.15) is 15.6 Å². The Balaban J connectivity index is 2.40. The zero-order valence-corrected chi connectivity index (χ0v) is 14.4. The molecule has 1 aromatic heterocycles. The second-order valence-electron chi connectivity index (χ2n) is 4.43. The summed E-state index contributed by atoms with van der Waals surface area (Å²) in [4.78, 5) is 0.0201. The third-order valence-electron chi connectivity index (χ3n) is 3.03. The summed E-state index contributed by atoms with van der Waals surface area (Å²) in [5, 5.41) is 4.25. The highest BCUT2D eigenvalue weighted by Gasteiger charge is 2.25. The summed E-state index contributed by atoms with van der Waals surface area (Å²) in [6, 6.07) is 4.79. The summed E-state index contributed by atoms with van der Waals surface area (Å²) < 4.78 is 26.5. The number of hydrogen-bond acceptors (Lipinski definition) is 4. The topological polar surface area (TPSA) is 63.4 Å². The molecule has 0 saturated heterocycles. The van der Waals surface area contributed by atoms with Crippen molar-refractivity contribution in [1.29, 1.82) is 0 Å². The Morgan fingerprint density at radius 2 is 2.00 bits per heavy atom. The third-order valence-corrected chi connectivity index (χ3v) is 6.50. The molecule has 2 rings (SSSR count). The first-order chi connectivity index (χ1) is 9.87. The molecule has 0 unspecified atom stereocenters. The lowest BCUT2D eigenvalue weighted by Gasteiger charge is -2.18. The Morgan fingerprint density at radius 3 is 2.57 bits per heavy atom. The monoisotopic (exact) mass is 364 g/mol. The molecule has 0 amide bonds. The van der Waals surface area contributed by atoms with Crippen LogP contribution in [0.3, 0.4) is 0 Å². The number of nitrogens with two attached hydrogens (primary N) is 1. The number of benzene rings is 1. The number of nitrogens with zero attached hydrogens (tertiary/aromatic N) is 1. The molecule has 2 aromatic rings. The molecule has 0 aliphatic rings. The fourth-order valence-corrected chi connectivity index (χ4v) is 4.58. The van der Waals surface area contributed by atoms with Gasteiger partial charge in [-0.15, -0.1) is 0 Å². The summed E-state index contributed by atoms with van der Waals surface area (Å²) >= 11 is 13.6. The molecule has 4 nitrogen and oxygen atoms in total. The van der Waals surface area contributed by atoms with E-state index in [1.54, 1.807) is 0 Å². The van der Waals surface area contributed by atoms with Gasteiger partial charge in [0.1, 0.15) is 4.90 Å². The molecule has 1 aromatic carbocycles. The van der Waals surface area contributed by atoms with Gasteiger partial charge < -0.3 is 5.73 Å². The lowest BCUT2D eigenvalue weighted by Crippen LogP contribution is -2.26. The second kappa shape index (κ2) is 6.64. The van der Waals surface area contributed by atoms with E-state index in [1.807, 2.05) is 16.8 Å². The molecule has 0 aliphatic heterocycles. The van der Waals surface area contributed by atoms with Crippen LogP contribution in [0.2, 0.25) is 10.0 Å². The molecule has 0 spiro atoms. The quantitative estimate of drug-likeness (QED) is 0.884. The molecule has 21 heavy (non-hydrogen) atoms. The molecule has 2 N–H and O–H groups in total. The molecule has 114 valence electrons. The fraction of sp³-hybridized carbons (Fsp3) is 0.231. The standard InChI is InChI=1S/C13H14Cl2N2O2S2/c1-17(7-9-4-5-20-8-9)21(18,19)12-3-2-11(14)10(6-16)13(12)15/h2-5,8H,6-7,16H2,1H3. The van der Waals surface area contributed by atoms with Gasteiger partial charge in [0.05, 0.1) is 5.02 Å². The lowest BCUT2D eigenvalue weighted by atomic mass is 10.2. The van der Waals surface area contributed by atoms with E-state index in [9.17, 15) is 8.42 Å². The summed E-state index contributed by atoms with van der Waals surface area (Å²) in [6.45, 7) is 0.359. The highest BCUT2D eigenvalue weighted by atomic mass is 35.5. The maximum Gasteiger partial charge on any atom is 0.244 e. The molecule has 1 heterocycles. The van der Waals surface area contributed by atoms with E-state index < -0.39 is 10.0 Å². The largest absolute Gasteiger partial charge is 0.326 e. The number of thiophene rings is 1. The minimum absolute atomic E-state index is 0.0201. The Labute approximate surface area is 138 Å². The molecule has 0 atom stereocenters. The molecule has 8 heteroatoms. The molecule has 0 fully saturated rings. The van der Waals surface area contributed by atoms with Crippen molar-refractivity contribution in [2.75, 3.05) is 7.05 Å². The van der Waals surface area contributed by atoms with Crippen molar-refractivity contribution >= 4 is 44.6 Å². The zero-order valence-electron chi connectivity index (χ0n) is 11.2. The predicted octanol–water partition coefficient (Wildman–Crippen LogP) is 3.33. The first-order valence-electron chi connectivity index (χ1n) is 6.02. The zero-order chi connectivity index (χ0) is 15.6. The molecule has 0 radical (unpaired) electrons. The van der Waals surface area contributed by atoms with Crippen LogP contribution < -0.4 is 5.73 Å². The van der Waals surface area contributed by atoms with Crippen molar-refractivity contribution in [3.05, 3.63) is 50.1 Å². The van der Waals surface area contributed by atoms with Crippen LogP contribution in [0.4, 0.5) is 0 Å². The average Bonchev–Trinajstić information content (AvgIpc) is 2.91. The number of rotatable bonds is 5. The lowest BCUT2D eigenvalue weighted by molar-refractivity contribution is 0.467. The van der Waals surface area contributed by atoms with Crippen molar-refractivity contribution in [2.45, 2.75) is 18.0 Å². The first-order valence-corrected chi connectivity index (χ1v) is 9.16. The van der Waals surface area contributed by atoms with Crippen LogP contribution in [-0.4, -0.2) is 19.8 Å². The van der Waals surface area contributed by atoms with Crippen molar-refractivity contribution in [3.8, 4) is 0 Å². The van der Waals surface area contributed by atoms with Crippen LogP contribution in [0.25, 0.3) is 0 Å². The number of sulfonamides is 1. The van der Waals surface area contributed by atoms with Crippen LogP contribution >= 0.6 is 34.5 Å².